The van der Waals surface area contributed by atoms with Gasteiger partial charge in [0.1, 0.15) is 5.69 Å². The molecule has 0 radical (unpaired) electrons. The fourth-order valence-corrected chi connectivity index (χ4v) is 2.32. The Labute approximate surface area is 120 Å². The zero-order valence-corrected chi connectivity index (χ0v) is 11.9. The van der Waals surface area contributed by atoms with Crippen molar-refractivity contribution >= 4 is 5.91 Å². The van der Waals surface area contributed by atoms with Gasteiger partial charge in [-0.25, -0.2) is 4.98 Å². The minimum absolute atomic E-state index is 0.0266. The molecule has 1 saturated carbocycles. The van der Waals surface area contributed by atoms with Crippen molar-refractivity contribution in [1.29, 1.82) is 0 Å². The van der Waals surface area contributed by atoms with E-state index in [1.54, 1.807) is 12.3 Å². The lowest BCUT2D eigenvalue weighted by Crippen LogP contribution is -2.38. The highest BCUT2D eigenvalue weighted by Crippen LogP contribution is 2.27. The van der Waals surface area contributed by atoms with E-state index in [9.17, 15) is 4.79 Å². The number of hydrogen-bond donors (Lipinski definition) is 1. The molecule has 0 aliphatic heterocycles. The molecule has 1 amide bonds. The Balaban J connectivity index is 2.17. The van der Waals surface area contributed by atoms with Crippen molar-refractivity contribution in [1.82, 2.24) is 9.88 Å². The molecule has 0 spiro atoms. The molecular weight excluding hydrogens is 250 g/mol. The predicted molar refractivity (Wildman–Crippen MR) is 79.1 cm³/mol. The van der Waals surface area contributed by atoms with Gasteiger partial charge in [0.15, 0.2) is 0 Å². The first kappa shape index (κ1) is 14.5. The molecule has 1 aliphatic carbocycles. The Morgan fingerprint density at radius 1 is 1.55 bits per heavy atom. The van der Waals surface area contributed by atoms with Crippen molar-refractivity contribution in [2.45, 2.75) is 26.2 Å². The first-order valence-electron chi connectivity index (χ1n) is 7.19. The average Bonchev–Trinajstić information content (AvgIpc) is 2.44. The molecule has 0 aromatic carbocycles. The number of amides is 1. The summed E-state index contributed by atoms with van der Waals surface area (Å²) in [7, 11) is 0. The van der Waals surface area contributed by atoms with Crippen LogP contribution in [0.15, 0.2) is 18.3 Å². The van der Waals surface area contributed by atoms with Crippen LogP contribution in [0.5, 0.6) is 0 Å². The highest BCUT2D eigenvalue weighted by molar-refractivity contribution is 5.94. The van der Waals surface area contributed by atoms with Crippen LogP contribution >= 0.6 is 0 Å². The predicted octanol–water partition coefficient (Wildman–Crippen LogP) is 1.65. The molecule has 1 aromatic heterocycles. The van der Waals surface area contributed by atoms with Crippen molar-refractivity contribution in [3.63, 3.8) is 0 Å². The fourth-order valence-electron chi connectivity index (χ4n) is 2.32. The number of nitrogens with two attached hydrogens (primary N) is 1. The van der Waals surface area contributed by atoms with Crippen LogP contribution in [0, 0.1) is 17.8 Å². The van der Waals surface area contributed by atoms with Gasteiger partial charge in [-0.05, 0) is 37.8 Å². The molecule has 1 aromatic rings. The number of pyridine rings is 1. The smallest absolute Gasteiger partial charge is 0.273 e. The number of rotatable bonds is 4. The third-order valence-electron chi connectivity index (χ3n) is 3.71. The third-order valence-corrected chi connectivity index (χ3v) is 3.71. The number of carbonyl (C=O) groups is 1. The average molecular weight is 271 g/mol. The number of nitrogens with zero attached hydrogens (tertiary/aromatic N) is 2. The Kier molecular flexibility index (Phi) is 5.14. The van der Waals surface area contributed by atoms with E-state index in [0.29, 0.717) is 23.7 Å². The van der Waals surface area contributed by atoms with E-state index in [4.69, 9.17) is 5.73 Å². The summed E-state index contributed by atoms with van der Waals surface area (Å²) in [4.78, 5) is 18.7. The zero-order chi connectivity index (χ0) is 14.4. The number of aromatic nitrogens is 1. The van der Waals surface area contributed by atoms with Gasteiger partial charge in [-0.1, -0.05) is 18.3 Å². The van der Waals surface area contributed by atoms with Gasteiger partial charge in [-0.3, -0.25) is 4.79 Å². The Morgan fingerprint density at radius 3 is 2.95 bits per heavy atom. The van der Waals surface area contributed by atoms with Crippen LogP contribution in [0.3, 0.4) is 0 Å². The molecule has 1 fully saturated rings. The molecule has 0 atom stereocenters. The maximum atomic E-state index is 12.6. The van der Waals surface area contributed by atoms with Crippen LogP contribution in [0.1, 0.15) is 42.2 Å². The van der Waals surface area contributed by atoms with Crippen LogP contribution in [0.2, 0.25) is 0 Å². The van der Waals surface area contributed by atoms with Crippen molar-refractivity contribution < 1.29 is 4.79 Å². The van der Waals surface area contributed by atoms with E-state index in [0.717, 1.165) is 6.54 Å². The highest BCUT2D eigenvalue weighted by atomic mass is 16.2. The van der Waals surface area contributed by atoms with Gasteiger partial charge in [0.05, 0.1) is 12.1 Å². The minimum atomic E-state index is -0.0266. The zero-order valence-electron chi connectivity index (χ0n) is 11.9. The molecule has 106 valence electrons. The summed E-state index contributed by atoms with van der Waals surface area (Å²) in [5, 5.41) is 0. The van der Waals surface area contributed by atoms with Crippen LogP contribution < -0.4 is 5.73 Å². The first-order chi connectivity index (χ1) is 9.76. The quantitative estimate of drug-likeness (QED) is 0.847. The van der Waals surface area contributed by atoms with E-state index in [-0.39, 0.29) is 12.5 Å². The second kappa shape index (κ2) is 7.06. The summed E-state index contributed by atoms with van der Waals surface area (Å²) in [6.07, 6.45) is 5.38. The number of hydrogen-bond acceptors (Lipinski definition) is 3. The molecule has 20 heavy (non-hydrogen) atoms. The van der Waals surface area contributed by atoms with Crippen molar-refractivity contribution in [3.8, 4) is 11.8 Å². The second-order valence-electron chi connectivity index (χ2n) is 5.05. The second-order valence-corrected chi connectivity index (χ2v) is 5.05. The van der Waals surface area contributed by atoms with E-state index in [1.165, 1.54) is 19.3 Å². The molecule has 2 N–H and O–H groups in total. The van der Waals surface area contributed by atoms with E-state index in [1.807, 2.05) is 17.9 Å². The summed E-state index contributed by atoms with van der Waals surface area (Å²) in [6, 6.07) is 3.61. The van der Waals surface area contributed by atoms with Crippen LogP contribution in [0.4, 0.5) is 0 Å². The first-order valence-corrected chi connectivity index (χ1v) is 7.19. The summed E-state index contributed by atoms with van der Waals surface area (Å²) >= 11 is 0. The maximum Gasteiger partial charge on any atom is 0.273 e. The summed E-state index contributed by atoms with van der Waals surface area (Å²) in [5.41, 5.74) is 6.49. The van der Waals surface area contributed by atoms with Gasteiger partial charge in [-0.15, -0.1) is 0 Å². The lowest BCUT2D eigenvalue weighted by molar-refractivity contribution is 0.0700. The standard InChI is InChI=1S/C16H21N3O/c1-2-19(12-13-6-3-7-13)16(20)15-14(8-4-10-17)9-5-11-18-15/h5,9,11,13H,2-3,6-7,10,12,17H2,1H3. The Bertz CT molecular complexity index is 526. The largest absolute Gasteiger partial charge is 0.337 e. The molecule has 0 saturated heterocycles. The molecule has 2 rings (SSSR count). The van der Waals surface area contributed by atoms with Crippen LogP contribution in [0.25, 0.3) is 0 Å². The van der Waals surface area contributed by atoms with Crippen LogP contribution in [-0.2, 0) is 0 Å². The molecular formula is C16H21N3O. The lowest BCUT2D eigenvalue weighted by Gasteiger charge is -2.31. The van der Waals surface area contributed by atoms with Gasteiger partial charge in [-0.2, -0.15) is 0 Å². The van der Waals surface area contributed by atoms with Gasteiger partial charge < -0.3 is 10.6 Å². The summed E-state index contributed by atoms with van der Waals surface area (Å²) < 4.78 is 0. The summed E-state index contributed by atoms with van der Waals surface area (Å²) in [5.74, 6) is 6.34. The van der Waals surface area contributed by atoms with E-state index < -0.39 is 0 Å². The SMILES string of the molecule is CCN(CC1CCC1)C(=O)c1ncccc1C#CCN. The Morgan fingerprint density at radius 2 is 2.35 bits per heavy atom. The monoisotopic (exact) mass is 271 g/mol. The van der Waals surface area contributed by atoms with Gasteiger partial charge in [0.25, 0.3) is 5.91 Å². The van der Waals surface area contributed by atoms with Crippen molar-refractivity contribution in [3.05, 3.63) is 29.6 Å². The van der Waals surface area contributed by atoms with Crippen molar-refractivity contribution in [2.75, 3.05) is 19.6 Å². The van der Waals surface area contributed by atoms with Crippen molar-refractivity contribution in [2.24, 2.45) is 11.7 Å². The van der Waals surface area contributed by atoms with E-state index >= 15 is 0 Å². The maximum absolute atomic E-state index is 12.6. The molecule has 4 nitrogen and oxygen atoms in total. The molecule has 1 aliphatic rings. The third kappa shape index (κ3) is 3.37. The van der Waals surface area contributed by atoms with Gasteiger partial charge >= 0.3 is 0 Å². The molecule has 0 unspecified atom stereocenters. The molecule has 4 heteroatoms. The lowest BCUT2D eigenvalue weighted by atomic mass is 9.85. The highest BCUT2D eigenvalue weighted by Gasteiger charge is 2.25. The van der Waals surface area contributed by atoms with E-state index in [2.05, 4.69) is 16.8 Å². The number of carbonyl (C=O) groups excluding carboxylic acids is 1. The molecule has 0 bridgehead atoms. The fraction of sp³-hybridized carbons (Fsp3) is 0.500. The molecule has 1 heterocycles. The van der Waals surface area contributed by atoms with Crippen LogP contribution in [-0.4, -0.2) is 35.4 Å². The Hall–Kier alpha value is -1.86. The minimum Gasteiger partial charge on any atom is -0.337 e. The topological polar surface area (TPSA) is 59.2 Å². The summed E-state index contributed by atoms with van der Waals surface area (Å²) in [6.45, 7) is 3.82. The normalized spacial score (nSPS) is 14.1. The van der Waals surface area contributed by atoms with Gasteiger partial charge in [0, 0.05) is 19.3 Å². The van der Waals surface area contributed by atoms with Gasteiger partial charge in [0.2, 0.25) is 0 Å².